The van der Waals surface area contributed by atoms with Gasteiger partial charge in [-0.15, -0.1) is 0 Å². The highest BCUT2D eigenvalue weighted by Crippen LogP contribution is 2.27. The van der Waals surface area contributed by atoms with E-state index in [9.17, 15) is 14.9 Å². The van der Waals surface area contributed by atoms with Gasteiger partial charge in [0.15, 0.2) is 18.2 Å². The van der Waals surface area contributed by atoms with Gasteiger partial charge in [0, 0.05) is 25.2 Å². The molecule has 2 heterocycles. The Hall–Kier alpha value is -3.75. The van der Waals surface area contributed by atoms with Gasteiger partial charge in [0.05, 0.1) is 16.0 Å². The molecule has 0 spiro atoms. The third kappa shape index (κ3) is 4.23. The molecular weight excluding hydrogens is 374 g/mol. The maximum Gasteiger partial charge on any atom is 0.269 e. The molecule has 1 amide bonds. The number of carbonyl (C=O) groups is 1. The van der Waals surface area contributed by atoms with Crippen LogP contribution in [0.2, 0.25) is 0 Å². The second kappa shape index (κ2) is 8.09. The Kier molecular flexibility index (Phi) is 5.19. The Balaban J connectivity index is 1.49. The molecule has 1 fully saturated rings. The topological polar surface area (TPSA) is 110 Å². The van der Waals surface area contributed by atoms with Crippen LogP contribution in [0, 0.1) is 10.1 Å². The Labute approximate surface area is 166 Å². The maximum absolute atomic E-state index is 12.4. The number of fused-ring (bicyclic) bond motifs is 1. The standard InChI is InChI=1S/C20H19N5O4/c26-18(13-29-15-9-7-14(8-10-15)25(27)28)23-19-20(24-11-3-4-12-24)22-17-6-2-1-5-16(17)21-19/h1-2,5-10H,3-4,11-13H2,(H,21,23,26). The van der Waals surface area contributed by atoms with Gasteiger partial charge in [-0.2, -0.15) is 0 Å². The fraction of sp³-hybridized carbons (Fsp3) is 0.250. The van der Waals surface area contributed by atoms with Crippen LogP contribution in [-0.2, 0) is 4.79 Å². The van der Waals surface area contributed by atoms with E-state index in [2.05, 4.69) is 15.2 Å². The molecule has 0 bridgehead atoms. The fourth-order valence-corrected chi connectivity index (χ4v) is 3.21. The van der Waals surface area contributed by atoms with Crippen molar-refractivity contribution in [1.29, 1.82) is 0 Å². The van der Waals surface area contributed by atoms with E-state index in [0.29, 0.717) is 22.9 Å². The number of para-hydroxylation sites is 2. The monoisotopic (exact) mass is 393 g/mol. The summed E-state index contributed by atoms with van der Waals surface area (Å²) in [4.78, 5) is 34.0. The fourth-order valence-electron chi connectivity index (χ4n) is 3.21. The van der Waals surface area contributed by atoms with E-state index in [0.717, 1.165) is 31.4 Å². The summed E-state index contributed by atoms with van der Waals surface area (Å²) in [6.07, 6.45) is 2.15. The van der Waals surface area contributed by atoms with Crippen LogP contribution in [0.5, 0.6) is 5.75 Å². The van der Waals surface area contributed by atoms with Gasteiger partial charge < -0.3 is 15.0 Å². The number of anilines is 2. The van der Waals surface area contributed by atoms with Crippen LogP contribution in [0.1, 0.15) is 12.8 Å². The molecule has 29 heavy (non-hydrogen) atoms. The predicted octanol–water partition coefficient (Wildman–Crippen LogP) is 3.16. The minimum absolute atomic E-state index is 0.0384. The Morgan fingerprint density at radius 3 is 2.38 bits per heavy atom. The molecule has 0 radical (unpaired) electrons. The lowest BCUT2D eigenvalue weighted by Crippen LogP contribution is -2.25. The number of aromatic nitrogens is 2. The molecular formula is C20H19N5O4. The van der Waals surface area contributed by atoms with E-state index in [4.69, 9.17) is 9.72 Å². The molecule has 148 valence electrons. The smallest absolute Gasteiger partial charge is 0.269 e. The second-order valence-electron chi connectivity index (χ2n) is 6.67. The average Bonchev–Trinajstić information content (AvgIpc) is 3.27. The first-order chi connectivity index (χ1) is 14.1. The Bertz CT molecular complexity index is 1050. The molecule has 9 heteroatoms. The largest absolute Gasteiger partial charge is 0.484 e. The number of non-ortho nitro benzene ring substituents is 1. The average molecular weight is 393 g/mol. The van der Waals surface area contributed by atoms with Crippen molar-refractivity contribution in [3.8, 4) is 5.75 Å². The normalized spacial score (nSPS) is 13.4. The number of ether oxygens (including phenoxy) is 1. The molecule has 1 saturated heterocycles. The molecule has 1 aliphatic rings. The summed E-state index contributed by atoms with van der Waals surface area (Å²) in [5.74, 6) is 1.05. The van der Waals surface area contributed by atoms with Crippen LogP contribution in [-0.4, -0.2) is 40.5 Å². The van der Waals surface area contributed by atoms with E-state index >= 15 is 0 Å². The number of benzene rings is 2. The number of nitro benzene ring substituents is 1. The van der Waals surface area contributed by atoms with Crippen LogP contribution < -0.4 is 15.0 Å². The Morgan fingerprint density at radius 2 is 1.72 bits per heavy atom. The quantitative estimate of drug-likeness (QED) is 0.506. The zero-order valence-corrected chi connectivity index (χ0v) is 15.6. The summed E-state index contributed by atoms with van der Waals surface area (Å²) in [5, 5.41) is 13.5. The van der Waals surface area contributed by atoms with Gasteiger partial charge in [0.2, 0.25) is 0 Å². The molecule has 0 atom stereocenters. The van der Waals surface area contributed by atoms with Crippen molar-refractivity contribution in [2.45, 2.75) is 12.8 Å². The number of rotatable bonds is 6. The zero-order chi connectivity index (χ0) is 20.2. The summed E-state index contributed by atoms with van der Waals surface area (Å²) >= 11 is 0. The van der Waals surface area contributed by atoms with E-state index in [-0.39, 0.29) is 18.2 Å². The lowest BCUT2D eigenvalue weighted by Gasteiger charge is -2.20. The molecule has 0 saturated carbocycles. The minimum atomic E-state index is -0.491. The van der Waals surface area contributed by atoms with E-state index in [1.165, 1.54) is 24.3 Å². The number of nitrogens with one attached hydrogen (secondary N) is 1. The molecule has 3 aromatic rings. The molecule has 1 aliphatic heterocycles. The van der Waals surface area contributed by atoms with E-state index in [1.54, 1.807) is 0 Å². The SMILES string of the molecule is O=C(COc1ccc([N+](=O)[O-])cc1)Nc1nc2ccccc2nc1N1CCCC1. The van der Waals surface area contributed by atoms with Crippen molar-refractivity contribution in [3.05, 3.63) is 58.6 Å². The number of hydrogen-bond acceptors (Lipinski definition) is 7. The van der Waals surface area contributed by atoms with Gasteiger partial charge in [0.1, 0.15) is 5.75 Å². The molecule has 9 nitrogen and oxygen atoms in total. The zero-order valence-electron chi connectivity index (χ0n) is 15.6. The first-order valence-corrected chi connectivity index (χ1v) is 9.29. The first-order valence-electron chi connectivity index (χ1n) is 9.29. The first kappa shape index (κ1) is 18.6. The number of hydrogen-bond donors (Lipinski definition) is 1. The maximum atomic E-state index is 12.4. The van der Waals surface area contributed by atoms with Crippen molar-refractivity contribution in [2.75, 3.05) is 29.9 Å². The molecule has 2 aromatic carbocycles. The number of nitrogens with zero attached hydrogens (tertiary/aromatic N) is 4. The number of nitro groups is 1. The lowest BCUT2D eigenvalue weighted by molar-refractivity contribution is -0.384. The van der Waals surface area contributed by atoms with Crippen molar-refractivity contribution in [2.24, 2.45) is 0 Å². The van der Waals surface area contributed by atoms with Gasteiger partial charge in [-0.1, -0.05) is 12.1 Å². The molecule has 4 rings (SSSR count). The summed E-state index contributed by atoms with van der Waals surface area (Å²) < 4.78 is 5.43. The molecule has 1 aromatic heterocycles. The van der Waals surface area contributed by atoms with Gasteiger partial charge >= 0.3 is 0 Å². The van der Waals surface area contributed by atoms with Crippen molar-refractivity contribution >= 4 is 34.3 Å². The molecule has 0 aliphatic carbocycles. The van der Waals surface area contributed by atoms with Gasteiger partial charge in [-0.25, -0.2) is 9.97 Å². The molecule has 0 unspecified atom stereocenters. The van der Waals surface area contributed by atoms with Crippen LogP contribution in [0.4, 0.5) is 17.3 Å². The minimum Gasteiger partial charge on any atom is -0.484 e. The van der Waals surface area contributed by atoms with Crippen LogP contribution in [0.25, 0.3) is 11.0 Å². The van der Waals surface area contributed by atoms with Gasteiger partial charge in [-0.05, 0) is 37.1 Å². The lowest BCUT2D eigenvalue weighted by atomic mass is 10.3. The van der Waals surface area contributed by atoms with E-state index in [1.807, 2.05) is 24.3 Å². The van der Waals surface area contributed by atoms with Crippen LogP contribution in [0.15, 0.2) is 48.5 Å². The summed E-state index contributed by atoms with van der Waals surface area (Å²) in [5.41, 5.74) is 1.43. The second-order valence-corrected chi connectivity index (χ2v) is 6.67. The van der Waals surface area contributed by atoms with Crippen LogP contribution in [0.3, 0.4) is 0 Å². The van der Waals surface area contributed by atoms with E-state index < -0.39 is 4.92 Å². The highest BCUT2D eigenvalue weighted by molar-refractivity contribution is 5.95. The highest BCUT2D eigenvalue weighted by atomic mass is 16.6. The number of amides is 1. The summed E-state index contributed by atoms with van der Waals surface area (Å²) in [6, 6.07) is 13.1. The Morgan fingerprint density at radius 1 is 1.07 bits per heavy atom. The van der Waals surface area contributed by atoms with Gasteiger partial charge in [0.25, 0.3) is 11.6 Å². The highest BCUT2D eigenvalue weighted by Gasteiger charge is 2.21. The van der Waals surface area contributed by atoms with Gasteiger partial charge in [-0.3, -0.25) is 14.9 Å². The summed E-state index contributed by atoms with van der Waals surface area (Å²) in [6.45, 7) is 1.50. The van der Waals surface area contributed by atoms with Crippen molar-refractivity contribution in [1.82, 2.24) is 9.97 Å². The predicted molar refractivity (Wildman–Crippen MR) is 108 cm³/mol. The third-order valence-corrected chi connectivity index (χ3v) is 4.63. The summed E-state index contributed by atoms with van der Waals surface area (Å²) in [7, 11) is 0. The van der Waals surface area contributed by atoms with Crippen molar-refractivity contribution in [3.63, 3.8) is 0 Å². The van der Waals surface area contributed by atoms with Crippen molar-refractivity contribution < 1.29 is 14.5 Å². The molecule has 1 N–H and O–H groups in total. The number of carbonyl (C=O) groups excluding carboxylic acids is 1. The van der Waals surface area contributed by atoms with Crippen LogP contribution >= 0.6 is 0 Å². The third-order valence-electron chi connectivity index (χ3n) is 4.63.